The Balaban J connectivity index is 3.33. The first kappa shape index (κ1) is 47.4. The van der Waals surface area contributed by atoms with Crippen molar-refractivity contribution in [1.29, 1.82) is 0 Å². The molecule has 0 heterocycles. The number of unbranched alkanes of at least 4 members (excludes halogenated alkanes) is 34. The molecule has 0 aromatic carbocycles. The van der Waals surface area contributed by atoms with E-state index in [0.717, 1.165) is 19.3 Å². The fourth-order valence-electron chi connectivity index (χ4n) is 6.86. The van der Waals surface area contributed by atoms with Crippen molar-refractivity contribution < 1.29 is 19.4 Å². The van der Waals surface area contributed by atoms with Crippen LogP contribution in [0.15, 0.2) is 0 Å². The number of hydrogen-bond acceptors (Lipinski definition) is 4. The second-order valence-electron chi connectivity index (χ2n) is 15.1. The van der Waals surface area contributed by atoms with E-state index in [2.05, 4.69) is 13.8 Å². The predicted octanol–water partition coefficient (Wildman–Crippen LogP) is 14.4. The number of aliphatic hydroxyl groups is 1. The zero-order valence-electron chi connectivity index (χ0n) is 33.0. The molecule has 0 fully saturated rings. The maximum atomic E-state index is 12.2. The summed E-state index contributed by atoms with van der Waals surface area (Å²) in [7, 11) is 0. The van der Waals surface area contributed by atoms with Gasteiger partial charge >= 0.3 is 5.97 Å². The molecule has 0 saturated carbocycles. The van der Waals surface area contributed by atoms with Gasteiger partial charge in [0.2, 0.25) is 0 Å². The normalized spacial score (nSPS) is 12.1. The molecule has 48 heavy (non-hydrogen) atoms. The van der Waals surface area contributed by atoms with Crippen LogP contribution in [0, 0.1) is 0 Å². The summed E-state index contributed by atoms with van der Waals surface area (Å²) in [6, 6.07) is 0. The predicted molar refractivity (Wildman–Crippen MR) is 210 cm³/mol. The van der Waals surface area contributed by atoms with E-state index in [1.165, 1.54) is 212 Å². The van der Waals surface area contributed by atoms with Gasteiger partial charge in [0.15, 0.2) is 0 Å². The van der Waals surface area contributed by atoms with E-state index in [1.54, 1.807) is 0 Å². The Morgan fingerprint density at radius 2 is 0.688 bits per heavy atom. The first-order chi connectivity index (χ1) is 23.7. The first-order valence-electron chi connectivity index (χ1n) is 22.1. The maximum absolute atomic E-state index is 12.2. The van der Waals surface area contributed by atoms with Crippen molar-refractivity contribution in [2.24, 2.45) is 0 Å². The Morgan fingerprint density at radius 3 is 0.979 bits per heavy atom. The average molecular weight is 681 g/mol. The van der Waals surface area contributed by atoms with Crippen molar-refractivity contribution in [2.45, 2.75) is 258 Å². The largest absolute Gasteiger partial charge is 0.457 e. The number of aliphatic hydroxyl groups excluding tert-OH is 1. The van der Waals surface area contributed by atoms with Crippen LogP contribution in [-0.4, -0.2) is 37.0 Å². The molecule has 0 aromatic rings. The second-order valence-corrected chi connectivity index (χ2v) is 15.1. The topological polar surface area (TPSA) is 55.8 Å². The van der Waals surface area contributed by atoms with E-state index < -0.39 is 6.10 Å². The monoisotopic (exact) mass is 681 g/mol. The third kappa shape index (κ3) is 39.8. The van der Waals surface area contributed by atoms with E-state index in [0.29, 0.717) is 19.6 Å². The first-order valence-corrected chi connectivity index (χ1v) is 22.1. The molecule has 0 spiro atoms. The summed E-state index contributed by atoms with van der Waals surface area (Å²) in [6.45, 7) is 5.40. The lowest BCUT2D eigenvalue weighted by molar-refractivity contribution is -0.154. The Morgan fingerprint density at radius 1 is 0.417 bits per heavy atom. The van der Waals surface area contributed by atoms with E-state index in [9.17, 15) is 9.90 Å². The van der Waals surface area contributed by atoms with Crippen LogP contribution in [0.25, 0.3) is 0 Å². The van der Waals surface area contributed by atoms with Gasteiger partial charge in [0.25, 0.3) is 0 Å². The molecular formula is C44H88O4. The molecule has 0 aliphatic carbocycles. The highest BCUT2D eigenvalue weighted by Crippen LogP contribution is 2.16. The van der Waals surface area contributed by atoms with Crippen LogP contribution in [0.3, 0.4) is 0 Å². The van der Waals surface area contributed by atoms with Crippen molar-refractivity contribution in [1.82, 2.24) is 0 Å². The van der Waals surface area contributed by atoms with E-state index in [4.69, 9.17) is 9.47 Å². The number of ether oxygens (including phenoxy) is 2. The molecule has 0 aromatic heterocycles. The molecule has 1 atom stereocenters. The van der Waals surface area contributed by atoms with Gasteiger partial charge in [-0.1, -0.05) is 232 Å². The van der Waals surface area contributed by atoms with Crippen LogP contribution in [-0.2, 0) is 14.3 Å². The molecule has 0 amide bonds. The Kier molecular flexibility index (Phi) is 42.0. The number of esters is 1. The summed E-state index contributed by atoms with van der Waals surface area (Å²) in [5.41, 5.74) is 0. The fraction of sp³-hybridized carbons (Fsp3) is 0.977. The zero-order valence-corrected chi connectivity index (χ0v) is 33.0. The molecule has 288 valence electrons. The molecule has 0 bridgehead atoms. The lowest BCUT2D eigenvalue weighted by Crippen LogP contribution is -2.27. The molecule has 0 rings (SSSR count). The second kappa shape index (κ2) is 42.6. The minimum absolute atomic E-state index is 0.163. The van der Waals surface area contributed by atoms with Gasteiger partial charge in [0, 0.05) is 13.0 Å². The molecule has 4 heteroatoms. The van der Waals surface area contributed by atoms with Crippen LogP contribution >= 0.6 is 0 Å². The average Bonchev–Trinajstić information content (AvgIpc) is 3.09. The van der Waals surface area contributed by atoms with Crippen molar-refractivity contribution in [3.63, 3.8) is 0 Å². The van der Waals surface area contributed by atoms with Gasteiger partial charge in [0.05, 0.1) is 13.2 Å². The third-order valence-electron chi connectivity index (χ3n) is 10.2. The molecule has 4 nitrogen and oxygen atoms in total. The van der Waals surface area contributed by atoms with Gasteiger partial charge in [0.1, 0.15) is 6.10 Å². The van der Waals surface area contributed by atoms with Gasteiger partial charge in [-0.3, -0.25) is 4.79 Å². The minimum Gasteiger partial charge on any atom is -0.457 e. The molecule has 0 radical (unpaired) electrons. The van der Waals surface area contributed by atoms with Crippen LogP contribution in [0.4, 0.5) is 0 Å². The summed E-state index contributed by atoms with van der Waals surface area (Å²) in [6.07, 6.45) is 48.8. The number of carbonyl (C=O) groups is 1. The van der Waals surface area contributed by atoms with Crippen molar-refractivity contribution in [2.75, 3.05) is 19.8 Å². The lowest BCUT2D eigenvalue weighted by Gasteiger charge is -2.16. The molecule has 0 aliphatic rings. The third-order valence-corrected chi connectivity index (χ3v) is 10.2. The van der Waals surface area contributed by atoms with Gasteiger partial charge in [-0.2, -0.15) is 0 Å². The van der Waals surface area contributed by atoms with Crippen LogP contribution < -0.4 is 0 Å². The molecule has 1 unspecified atom stereocenters. The number of rotatable bonds is 42. The quantitative estimate of drug-likeness (QED) is 0.0515. The van der Waals surface area contributed by atoms with Gasteiger partial charge < -0.3 is 14.6 Å². The molecular weight excluding hydrogens is 592 g/mol. The summed E-state index contributed by atoms with van der Waals surface area (Å²) in [5.74, 6) is -0.192. The maximum Gasteiger partial charge on any atom is 0.306 e. The van der Waals surface area contributed by atoms with Crippen molar-refractivity contribution >= 4 is 5.97 Å². The molecule has 0 saturated heterocycles. The van der Waals surface area contributed by atoms with Crippen molar-refractivity contribution in [3.8, 4) is 0 Å². The van der Waals surface area contributed by atoms with E-state index in [-0.39, 0.29) is 12.6 Å². The van der Waals surface area contributed by atoms with Crippen LogP contribution in [0.2, 0.25) is 0 Å². The highest BCUT2D eigenvalue weighted by molar-refractivity contribution is 5.69. The van der Waals surface area contributed by atoms with Crippen LogP contribution in [0.5, 0.6) is 0 Å². The SMILES string of the molecule is CCCCCCCCCCCCCCCCCCCCCCCCCC(=O)OC(CO)COCCCCCCCCCCCCCCC. The standard InChI is InChI=1S/C44H88O4/c1-3-5-7-9-11-13-15-17-18-19-20-21-22-23-24-25-26-27-29-31-33-35-37-39-44(46)48-43(41-45)42-47-40-38-36-34-32-30-28-16-14-12-10-8-6-4-2/h43,45H,3-42H2,1-2H3. The number of carbonyl (C=O) groups excluding carboxylic acids is 1. The van der Waals surface area contributed by atoms with Gasteiger partial charge in [-0.15, -0.1) is 0 Å². The van der Waals surface area contributed by atoms with E-state index in [1.807, 2.05) is 0 Å². The van der Waals surface area contributed by atoms with Crippen molar-refractivity contribution in [3.05, 3.63) is 0 Å². The Labute approximate surface area is 302 Å². The summed E-state index contributed by atoms with van der Waals surface area (Å²) in [4.78, 5) is 12.2. The minimum atomic E-state index is -0.524. The van der Waals surface area contributed by atoms with Crippen LogP contribution in [0.1, 0.15) is 251 Å². The Bertz CT molecular complexity index is 594. The summed E-state index contributed by atoms with van der Waals surface area (Å²) < 4.78 is 11.2. The fourth-order valence-corrected chi connectivity index (χ4v) is 6.86. The smallest absolute Gasteiger partial charge is 0.306 e. The lowest BCUT2D eigenvalue weighted by atomic mass is 10.0. The van der Waals surface area contributed by atoms with Gasteiger partial charge in [-0.25, -0.2) is 0 Å². The summed E-state index contributed by atoms with van der Waals surface area (Å²) in [5, 5.41) is 9.59. The van der Waals surface area contributed by atoms with Gasteiger partial charge in [-0.05, 0) is 12.8 Å². The highest BCUT2D eigenvalue weighted by atomic mass is 16.6. The highest BCUT2D eigenvalue weighted by Gasteiger charge is 2.13. The Hall–Kier alpha value is -0.610. The molecule has 0 aliphatic heterocycles. The molecule has 1 N–H and O–H groups in total. The summed E-state index contributed by atoms with van der Waals surface area (Å²) >= 11 is 0. The van der Waals surface area contributed by atoms with E-state index >= 15 is 0 Å². The zero-order chi connectivity index (χ0) is 34.9. The number of hydrogen-bond donors (Lipinski definition) is 1.